The Bertz CT molecular complexity index is 232. The number of guanidine groups is 1. The standard InChI is InChI=1S/C11H26N4O2/c1-6-17-11(3,4)8-13-10(15-12)14-9(2)7-16-5/h9H,6-8,12H2,1-5H3,(H2,13,14,15). The molecule has 0 aromatic rings. The van der Waals surface area contributed by atoms with Crippen LogP contribution in [-0.2, 0) is 9.47 Å². The van der Waals surface area contributed by atoms with E-state index < -0.39 is 0 Å². The number of hydrazine groups is 1. The second kappa shape index (κ2) is 8.27. The molecule has 0 saturated heterocycles. The van der Waals surface area contributed by atoms with Crippen molar-refractivity contribution in [2.24, 2.45) is 10.8 Å². The van der Waals surface area contributed by atoms with Crippen LogP contribution < -0.4 is 16.6 Å². The molecule has 0 amide bonds. The third-order valence-corrected chi connectivity index (χ3v) is 2.09. The molecule has 0 radical (unpaired) electrons. The van der Waals surface area contributed by atoms with Gasteiger partial charge in [0.15, 0.2) is 0 Å². The van der Waals surface area contributed by atoms with E-state index in [-0.39, 0.29) is 11.6 Å². The lowest BCUT2D eigenvalue weighted by atomic mass is 10.1. The Labute approximate surface area is 104 Å². The summed E-state index contributed by atoms with van der Waals surface area (Å²) in [6.07, 6.45) is 0. The molecule has 0 bridgehead atoms. The van der Waals surface area contributed by atoms with Crippen LogP contribution in [-0.4, -0.2) is 44.5 Å². The molecule has 0 aliphatic rings. The second-order valence-electron chi connectivity index (χ2n) is 4.50. The van der Waals surface area contributed by atoms with Crippen LogP contribution in [0.5, 0.6) is 0 Å². The Morgan fingerprint density at radius 3 is 2.59 bits per heavy atom. The largest absolute Gasteiger partial charge is 0.383 e. The molecule has 6 heteroatoms. The van der Waals surface area contributed by atoms with E-state index >= 15 is 0 Å². The third-order valence-electron chi connectivity index (χ3n) is 2.09. The number of methoxy groups -OCH3 is 1. The zero-order chi connectivity index (χ0) is 13.3. The molecule has 0 fully saturated rings. The average Bonchev–Trinajstić information content (AvgIpc) is 2.24. The van der Waals surface area contributed by atoms with Crippen molar-refractivity contribution < 1.29 is 9.47 Å². The first-order valence-corrected chi connectivity index (χ1v) is 5.85. The Kier molecular flexibility index (Phi) is 7.86. The molecule has 0 saturated carbocycles. The van der Waals surface area contributed by atoms with Gasteiger partial charge in [-0.2, -0.15) is 0 Å². The number of hydrogen-bond donors (Lipinski definition) is 3. The molecule has 0 heterocycles. The Balaban J connectivity index is 4.25. The molecule has 17 heavy (non-hydrogen) atoms. The maximum absolute atomic E-state index is 5.55. The number of nitrogens with zero attached hydrogens (tertiary/aromatic N) is 1. The Hall–Kier alpha value is -0.850. The number of ether oxygens (including phenoxy) is 2. The Morgan fingerprint density at radius 2 is 2.12 bits per heavy atom. The summed E-state index contributed by atoms with van der Waals surface area (Å²) in [6.45, 7) is 9.74. The number of aliphatic imine (C=N–C) groups is 1. The minimum atomic E-state index is -0.289. The lowest BCUT2D eigenvalue weighted by Crippen LogP contribution is -2.47. The van der Waals surface area contributed by atoms with Crippen LogP contribution in [0, 0.1) is 0 Å². The molecule has 102 valence electrons. The normalized spacial score (nSPS) is 14.6. The molecule has 1 unspecified atom stereocenters. The van der Waals surface area contributed by atoms with Gasteiger partial charge in [0.1, 0.15) is 0 Å². The summed E-state index contributed by atoms with van der Waals surface area (Å²) in [6, 6.07) is 0.144. The maximum atomic E-state index is 5.55. The van der Waals surface area contributed by atoms with Crippen LogP contribution in [0.4, 0.5) is 0 Å². The van der Waals surface area contributed by atoms with Gasteiger partial charge in [-0.1, -0.05) is 0 Å². The van der Waals surface area contributed by atoms with E-state index in [4.69, 9.17) is 15.3 Å². The number of hydrogen-bond acceptors (Lipinski definition) is 4. The molecule has 0 aromatic heterocycles. The predicted octanol–water partition coefficient (Wildman–Crippen LogP) is 0.245. The van der Waals surface area contributed by atoms with Crippen LogP contribution in [0.2, 0.25) is 0 Å². The van der Waals surface area contributed by atoms with Crippen molar-refractivity contribution in [3.63, 3.8) is 0 Å². The molecule has 1 atom stereocenters. The highest BCUT2D eigenvalue weighted by Crippen LogP contribution is 2.08. The monoisotopic (exact) mass is 246 g/mol. The minimum Gasteiger partial charge on any atom is -0.383 e. The molecule has 4 N–H and O–H groups in total. The molecule has 0 spiro atoms. The van der Waals surface area contributed by atoms with Gasteiger partial charge >= 0.3 is 0 Å². The van der Waals surface area contributed by atoms with Gasteiger partial charge in [0, 0.05) is 19.8 Å². The van der Waals surface area contributed by atoms with Gasteiger partial charge in [-0.3, -0.25) is 5.43 Å². The van der Waals surface area contributed by atoms with Crippen molar-refractivity contribution in [3.05, 3.63) is 0 Å². The zero-order valence-corrected chi connectivity index (χ0v) is 11.5. The van der Waals surface area contributed by atoms with E-state index in [1.165, 1.54) is 0 Å². The first kappa shape index (κ1) is 16.1. The van der Waals surface area contributed by atoms with E-state index in [0.717, 1.165) is 0 Å². The van der Waals surface area contributed by atoms with Crippen molar-refractivity contribution in [1.29, 1.82) is 0 Å². The molecule has 0 aromatic carbocycles. The summed E-state index contributed by atoms with van der Waals surface area (Å²) in [7, 11) is 1.66. The van der Waals surface area contributed by atoms with Crippen molar-refractivity contribution >= 4 is 5.96 Å². The summed E-state index contributed by atoms with van der Waals surface area (Å²) in [4.78, 5) is 4.34. The fraction of sp³-hybridized carbons (Fsp3) is 0.909. The van der Waals surface area contributed by atoms with E-state index in [1.807, 2.05) is 27.7 Å². The highest BCUT2D eigenvalue weighted by molar-refractivity contribution is 5.79. The predicted molar refractivity (Wildman–Crippen MR) is 69.8 cm³/mol. The van der Waals surface area contributed by atoms with Crippen LogP contribution in [0.15, 0.2) is 4.99 Å². The quantitative estimate of drug-likeness (QED) is 0.259. The fourth-order valence-electron chi connectivity index (χ4n) is 1.36. The molecule has 0 rings (SSSR count). The first-order valence-electron chi connectivity index (χ1n) is 5.85. The lowest BCUT2D eigenvalue weighted by Gasteiger charge is -2.23. The number of rotatable bonds is 7. The molecular weight excluding hydrogens is 220 g/mol. The van der Waals surface area contributed by atoms with Gasteiger partial charge in [0.2, 0.25) is 5.96 Å². The highest BCUT2D eigenvalue weighted by Gasteiger charge is 2.17. The minimum absolute atomic E-state index is 0.144. The fourth-order valence-corrected chi connectivity index (χ4v) is 1.36. The number of nitrogens with two attached hydrogens (primary N) is 1. The van der Waals surface area contributed by atoms with E-state index in [2.05, 4.69) is 15.7 Å². The maximum Gasteiger partial charge on any atom is 0.206 e. The SMILES string of the molecule is CCOC(C)(C)CN=C(NN)NC(C)COC. The van der Waals surface area contributed by atoms with Crippen LogP contribution in [0.1, 0.15) is 27.7 Å². The molecule has 6 nitrogen and oxygen atoms in total. The lowest BCUT2D eigenvalue weighted by molar-refractivity contribution is -0.00220. The van der Waals surface area contributed by atoms with Crippen molar-refractivity contribution in [3.8, 4) is 0 Å². The van der Waals surface area contributed by atoms with E-state index in [1.54, 1.807) is 7.11 Å². The van der Waals surface area contributed by atoms with Gasteiger partial charge < -0.3 is 14.8 Å². The molecular formula is C11H26N4O2. The van der Waals surface area contributed by atoms with Gasteiger partial charge in [-0.05, 0) is 27.7 Å². The summed E-state index contributed by atoms with van der Waals surface area (Å²) < 4.78 is 10.6. The van der Waals surface area contributed by atoms with Crippen LogP contribution >= 0.6 is 0 Å². The van der Waals surface area contributed by atoms with Crippen molar-refractivity contribution in [1.82, 2.24) is 10.7 Å². The van der Waals surface area contributed by atoms with Gasteiger partial charge in [-0.15, -0.1) is 0 Å². The average molecular weight is 246 g/mol. The van der Waals surface area contributed by atoms with Gasteiger partial charge in [0.25, 0.3) is 0 Å². The second-order valence-corrected chi connectivity index (χ2v) is 4.50. The third kappa shape index (κ3) is 7.95. The summed E-state index contributed by atoms with van der Waals surface area (Å²) >= 11 is 0. The first-order chi connectivity index (χ1) is 7.95. The van der Waals surface area contributed by atoms with Crippen molar-refractivity contribution in [2.75, 3.05) is 26.9 Å². The summed E-state index contributed by atoms with van der Waals surface area (Å²) in [5.41, 5.74) is 2.25. The van der Waals surface area contributed by atoms with Crippen molar-refractivity contribution in [2.45, 2.75) is 39.3 Å². The van der Waals surface area contributed by atoms with E-state index in [0.29, 0.717) is 25.7 Å². The molecule has 0 aliphatic carbocycles. The highest BCUT2D eigenvalue weighted by atomic mass is 16.5. The van der Waals surface area contributed by atoms with Gasteiger partial charge in [-0.25, -0.2) is 10.8 Å². The smallest absolute Gasteiger partial charge is 0.206 e. The van der Waals surface area contributed by atoms with Crippen LogP contribution in [0.3, 0.4) is 0 Å². The topological polar surface area (TPSA) is 80.9 Å². The zero-order valence-electron chi connectivity index (χ0n) is 11.5. The number of nitrogens with one attached hydrogen (secondary N) is 2. The summed E-state index contributed by atoms with van der Waals surface area (Å²) in [5.74, 6) is 5.94. The van der Waals surface area contributed by atoms with Gasteiger partial charge in [0.05, 0.1) is 18.8 Å². The van der Waals surface area contributed by atoms with E-state index in [9.17, 15) is 0 Å². The molecule has 0 aliphatic heterocycles. The summed E-state index contributed by atoms with van der Waals surface area (Å²) in [5, 5.41) is 3.12. The van der Waals surface area contributed by atoms with Crippen LogP contribution in [0.25, 0.3) is 0 Å². The Morgan fingerprint density at radius 1 is 1.47 bits per heavy atom.